The standard InChI is InChI=1S/C9H10BrFO/c1-6(12-2)7-4-3-5-8(11)9(7)10/h3-6H,1-2H3. The SMILES string of the molecule is COC(C)c1cccc(F)c1Br. The van der Waals surface area contributed by atoms with Crippen LogP contribution in [0.2, 0.25) is 0 Å². The summed E-state index contributed by atoms with van der Waals surface area (Å²) in [5.41, 5.74) is 0.831. The molecule has 0 bridgehead atoms. The van der Waals surface area contributed by atoms with Gasteiger partial charge >= 0.3 is 0 Å². The van der Waals surface area contributed by atoms with Crippen LogP contribution in [0.1, 0.15) is 18.6 Å². The van der Waals surface area contributed by atoms with Crippen LogP contribution in [0.4, 0.5) is 4.39 Å². The molecule has 0 radical (unpaired) electrons. The van der Waals surface area contributed by atoms with E-state index in [1.165, 1.54) is 6.07 Å². The van der Waals surface area contributed by atoms with E-state index >= 15 is 0 Å². The Kier molecular flexibility index (Phi) is 3.23. The summed E-state index contributed by atoms with van der Waals surface area (Å²) in [6, 6.07) is 4.92. The second-order valence-corrected chi connectivity index (χ2v) is 3.31. The molecule has 0 aromatic heterocycles. The lowest BCUT2D eigenvalue weighted by atomic mass is 10.1. The number of methoxy groups -OCH3 is 1. The molecular formula is C9H10BrFO. The van der Waals surface area contributed by atoms with Crippen molar-refractivity contribution in [3.63, 3.8) is 0 Å². The Labute approximate surface area is 79.7 Å². The maximum atomic E-state index is 13.0. The van der Waals surface area contributed by atoms with Gasteiger partial charge in [0.05, 0.1) is 10.6 Å². The molecule has 66 valence electrons. The Hall–Kier alpha value is -0.410. The fraction of sp³-hybridized carbons (Fsp3) is 0.333. The first-order valence-electron chi connectivity index (χ1n) is 3.63. The smallest absolute Gasteiger partial charge is 0.137 e. The Morgan fingerprint density at radius 2 is 2.17 bits per heavy atom. The number of ether oxygens (including phenoxy) is 1. The largest absolute Gasteiger partial charge is 0.377 e. The maximum Gasteiger partial charge on any atom is 0.137 e. The fourth-order valence-corrected chi connectivity index (χ4v) is 1.55. The molecule has 0 spiro atoms. The van der Waals surface area contributed by atoms with Gasteiger partial charge in [-0.3, -0.25) is 0 Å². The first kappa shape index (κ1) is 9.68. The molecule has 1 rings (SSSR count). The summed E-state index contributed by atoms with van der Waals surface area (Å²) in [6.07, 6.45) is -0.0879. The zero-order valence-electron chi connectivity index (χ0n) is 6.97. The van der Waals surface area contributed by atoms with E-state index in [1.807, 2.05) is 13.0 Å². The van der Waals surface area contributed by atoms with Gasteiger partial charge in [-0.2, -0.15) is 0 Å². The monoisotopic (exact) mass is 232 g/mol. The van der Waals surface area contributed by atoms with E-state index in [1.54, 1.807) is 13.2 Å². The van der Waals surface area contributed by atoms with Crippen LogP contribution in [0.3, 0.4) is 0 Å². The molecule has 0 heterocycles. The minimum atomic E-state index is -0.253. The number of hydrogen-bond acceptors (Lipinski definition) is 1. The molecular weight excluding hydrogens is 223 g/mol. The summed E-state index contributed by atoms with van der Waals surface area (Å²) >= 11 is 3.17. The van der Waals surface area contributed by atoms with Crippen molar-refractivity contribution in [1.82, 2.24) is 0 Å². The van der Waals surface area contributed by atoms with Crippen molar-refractivity contribution in [3.05, 3.63) is 34.1 Å². The minimum Gasteiger partial charge on any atom is -0.377 e. The molecule has 1 aromatic rings. The lowest BCUT2D eigenvalue weighted by Gasteiger charge is -2.11. The fourth-order valence-electron chi connectivity index (χ4n) is 0.961. The van der Waals surface area contributed by atoms with Gasteiger partial charge in [-0.1, -0.05) is 12.1 Å². The van der Waals surface area contributed by atoms with Gasteiger partial charge in [0.1, 0.15) is 5.82 Å². The quantitative estimate of drug-likeness (QED) is 0.761. The highest BCUT2D eigenvalue weighted by atomic mass is 79.9. The van der Waals surface area contributed by atoms with Crippen molar-refractivity contribution in [2.75, 3.05) is 7.11 Å². The number of benzene rings is 1. The Morgan fingerprint density at radius 1 is 1.50 bits per heavy atom. The predicted octanol–water partition coefficient (Wildman–Crippen LogP) is 3.30. The molecule has 0 saturated carbocycles. The topological polar surface area (TPSA) is 9.23 Å². The third kappa shape index (κ3) is 1.84. The highest BCUT2D eigenvalue weighted by Gasteiger charge is 2.10. The van der Waals surface area contributed by atoms with Crippen molar-refractivity contribution >= 4 is 15.9 Å². The molecule has 1 nitrogen and oxygen atoms in total. The second kappa shape index (κ2) is 4.01. The van der Waals surface area contributed by atoms with Crippen LogP contribution in [0.25, 0.3) is 0 Å². The van der Waals surface area contributed by atoms with Gasteiger partial charge < -0.3 is 4.74 Å². The molecule has 0 saturated heterocycles. The van der Waals surface area contributed by atoms with E-state index in [4.69, 9.17) is 4.74 Å². The molecule has 0 aliphatic heterocycles. The van der Waals surface area contributed by atoms with Crippen LogP contribution in [0, 0.1) is 5.82 Å². The normalized spacial score (nSPS) is 13.0. The van der Waals surface area contributed by atoms with E-state index < -0.39 is 0 Å². The van der Waals surface area contributed by atoms with Crippen LogP contribution in [0.5, 0.6) is 0 Å². The van der Waals surface area contributed by atoms with Crippen LogP contribution in [-0.4, -0.2) is 7.11 Å². The zero-order chi connectivity index (χ0) is 9.14. The molecule has 12 heavy (non-hydrogen) atoms. The average Bonchev–Trinajstić information content (AvgIpc) is 2.08. The minimum absolute atomic E-state index is 0.0879. The molecule has 1 atom stereocenters. The third-order valence-corrected chi connectivity index (χ3v) is 2.61. The van der Waals surface area contributed by atoms with Gasteiger partial charge in [0.2, 0.25) is 0 Å². The third-order valence-electron chi connectivity index (χ3n) is 1.77. The van der Waals surface area contributed by atoms with Gasteiger partial charge in [0, 0.05) is 7.11 Å². The van der Waals surface area contributed by atoms with E-state index in [0.717, 1.165) is 5.56 Å². The highest BCUT2D eigenvalue weighted by Crippen LogP contribution is 2.27. The van der Waals surface area contributed by atoms with Crippen LogP contribution in [0.15, 0.2) is 22.7 Å². The van der Waals surface area contributed by atoms with Crippen molar-refractivity contribution < 1.29 is 9.13 Å². The van der Waals surface area contributed by atoms with Gasteiger partial charge in [-0.25, -0.2) is 4.39 Å². The molecule has 0 fully saturated rings. The summed E-state index contributed by atoms with van der Waals surface area (Å²) in [7, 11) is 1.60. The summed E-state index contributed by atoms with van der Waals surface area (Å²) < 4.78 is 18.5. The molecule has 3 heteroatoms. The second-order valence-electron chi connectivity index (χ2n) is 2.52. The average molecular weight is 233 g/mol. The Morgan fingerprint density at radius 3 is 2.75 bits per heavy atom. The number of halogens is 2. The van der Waals surface area contributed by atoms with E-state index in [9.17, 15) is 4.39 Å². The summed E-state index contributed by atoms with van der Waals surface area (Å²) in [6.45, 7) is 1.87. The van der Waals surface area contributed by atoms with Crippen molar-refractivity contribution in [3.8, 4) is 0 Å². The molecule has 0 amide bonds. The van der Waals surface area contributed by atoms with Crippen molar-refractivity contribution in [2.45, 2.75) is 13.0 Å². The molecule has 0 N–H and O–H groups in total. The highest BCUT2D eigenvalue weighted by molar-refractivity contribution is 9.10. The summed E-state index contributed by atoms with van der Waals surface area (Å²) in [5.74, 6) is -0.253. The summed E-state index contributed by atoms with van der Waals surface area (Å²) in [5, 5.41) is 0. The molecule has 1 aromatic carbocycles. The lowest BCUT2D eigenvalue weighted by molar-refractivity contribution is 0.118. The lowest BCUT2D eigenvalue weighted by Crippen LogP contribution is -1.97. The van der Waals surface area contributed by atoms with Gasteiger partial charge in [0.25, 0.3) is 0 Å². The summed E-state index contributed by atoms with van der Waals surface area (Å²) in [4.78, 5) is 0. The number of rotatable bonds is 2. The number of hydrogen-bond donors (Lipinski definition) is 0. The Bertz CT molecular complexity index is 275. The zero-order valence-corrected chi connectivity index (χ0v) is 8.56. The van der Waals surface area contributed by atoms with E-state index in [0.29, 0.717) is 4.47 Å². The maximum absolute atomic E-state index is 13.0. The molecule has 0 aliphatic carbocycles. The first-order chi connectivity index (χ1) is 5.66. The molecule has 1 unspecified atom stereocenters. The van der Waals surface area contributed by atoms with E-state index in [-0.39, 0.29) is 11.9 Å². The molecule has 0 aliphatic rings. The van der Waals surface area contributed by atoms with Gasteiger partial charge in [0.15, 0.2) is 0 Å². The van der Waals surface area contributed by atoms with Gasteiger partial charge in [-0.05, 0) is 34.5 Å². The predicted molar refractivity (Wildman–Crippen MR) is 49.5 cm³/mol. The Balaban J connectivity index is 3.07. The first-order valence-corrected chi connectivity index (χ1v) is 4.42. The van der Waals surface area contributed by atoms with Crippen LogP contribution < -0.4 is 0 Å². The van der Waals surface area contributed by atoms with Crippen LogP contribution >= 0.6 is 15.9 Å². The van der Waals surface area contributed by atoms with E-state index in [2.05, 4.69) is 15.9 Å². The van der Waals surface area contributed by atoms with Crippen LogP contribution in [-0.2, 0) is 4.74 Å². The van der Waals surface area contributed by atoms with Crippen molar-refractivity contribution in [1.29, 1.82) is 0 Å². The van der Waals surface area contributed by atoms with Crippen molar-refractivity contribution in [2.24, 2.45) is 0 Å². The van der Waals surface area contributed by atoms with Gasteiger partial charge in [-0.15, -0.1) is 0 Å².